The Balaban J connectivity index is 2.71. The van der Waals surface area contributed by atoms with Crippen molar-refractivity contribution in [1.82, 2.24) is 9.55 Å². The van der Waals surface area contributed by atoms with E-state index < -0.39 is 5.82 Å². The van der Waals surface area contributed by atoms with E-state index in [-0.39, 0.29) is 10.0 Å². The fourth-order valence-corrected chi connectivity index (χ4v) is 2.23. The SMILES string of the molecule is Cc1c[nH]c(=S)n1-c1cc(Cl)c(F)c(Cl)c1. The van der Waals surface area contributed by atoms with Gasteiger partial charge >= 0.3 is 0 Å². The molecule has 0 unspecified atom stereocenters. The smallest absolute Gasteiger partial charge is 0.182 e. The average Bonchev–Trinajstić information content (AvgIpc) is 2.54. The minimum Gasteiger partial charge on any atom is -0.337 e. The van der Waals surface area contributed by atoms with Crippen LogP contribution in [0.5, 0.6) is 0 Å². The van der Waals surface area contributed by atoms with Gasteiger partial charge in [0.25, 0.3) is 0 Å². The van der Waals surface area contributed by atoms with Crippen molar-refractivity contribution in [2.75, 3.05) is 0 Å². The van der Waals surface area contributed by atoms with Crippen molar-refractivity contribution in [2.24, 2.45) is 0 Å². The maximum atomic E-state index is 13.2. The van der Waals surface area contributed by atoms with E-state index in [1.165, 1.54) is 12.1 Å². The number of imidazole rings is 1. The Morgan fingerprint density at radius 2 is 1.88 bits per heavy atom. The third kappa shape index (κ3) is 1.88. The first-order chi connectivity index (χ1) is 7.50. The molecule has 0 bridgehead atoms. The van der Waals surface area contributed by atoms with Crippen molar-refractivity contribution in [1.29, 1.82) is 0 Å². The first kappa shape index (κ1) is 11.6. The van der Waals surface area contributed by atoms with Crippen LogP contribution >= 0.6 is 35.4 Å². The van der Waals surface area contributed by atoms with Gasteiger partial charge in [-0.25, -0.2) is 4.39 Å². The van der Waals surface area contributed by atoms with Crippen molar-refractivity contribution in [3.63, 3.8) is 0 Å². The molecule has 1 aromatic heterocycles. The number of hydrogen-bond acceptors (Lipinski definition) is 1. The summed E-state index contributed by atoms with van der Waals surface area (Å²) in [7, 11) is 0. The summed E-state index contributed by atoms with van der Waals surface area (Å²) in [5.74, 6) is -0.619. The first-order valence-corrected chi connectivity index (χ1v) is 5.59. The lowest BCUT2D eigenvalue weighted by molar-refractivity contribution is 0.628. The molecule has 0 saturated carbocycles. The van der Waals surface area contributed by atoms with Gasteiger partial charge in [-0.1, -0.05) is 23.2 Å². The lowest BCUT2D eigenvalue weighted by Crippen LogP contribution is -1.97. The highest BCUT2D eigenvalue weighted by atomic mass is 35.5. The predicted molar refractivity (Wildman–Crippen MR) is 65.7 cm³/mol. The van der Waals surface area contributed by atoms with Gasteiger partial charge in [0.05, 0.1) is 15.7 Å². The normalized spacial score (nSPS) is 10.8. The number of benzene rings is 1. The Hall–Kier alpha value is -0.840. The highest BCUT2D eigenvalue weighted by Gasteiger charge is 2.10. The highest BCUT2D eigenvalue weighted by molar-refractivity contribution is 7.71. The molecule has 0 fully saturated rings. The summed E-state index contributed by atoms with van der Waals surface area (Å²) in [6.45, 7) is 1.87. The van der Waals surface area contributed by atoms with Crippen molar-refractivity contribution in [3.05, 3.63) is 44.7 Å². The first-order valence-electron chi connectivity index (χ1n) is 4.42. The Kier molecular flexibility index (Phi) is 3.06. The zero-order chi connectivity index (χ0) is 11.9. The van der Waals surface area contributed by atoms with Crippen LogP contribution in [-0.4, -0.2) is 9.55 Å². The van der Waals surface area contributed by atoms with E-state index in [9.17, 15) is 4.39 Å². The summed E-state index contributed by atoms with van der Waals surface area (Å²) in [6.07, 6.45) is 1.76. The molecule has 0 atom stereocenters. The summed E-state index contributed by atoms with van der Waals surface area (Å²) in [5.41, 5.74) is 1.53. The molecule has 0 amide bonds. The quantitative estimate of drug-likeness (QED) is 0.609. The lowest BCUT2D eigenvalue weighted by Gasteiger charge is -2.07. The minimum absolute atomic E-state index is 0.0231. The van der Waals surface area contributed by atoms with Gasteiger partial charge in [0, 0.05) is 11.9 Å². The molecule has 2 rings (SSSR count). The Morgan fingerprint density at radius 3 is 2.31 bits per heavy atom. The fourth-order valence-electron chi connectivity index (χ4n) is 1.45. The van der Waals surface area contributed by atoms with Gasteiger partial charge in [-0.2, -0.15) is 0 Å². The molecule has 1 aromatic carbocycles. The summed E-state index contributed by atoms with van der Waals surface area (Å²) < 4.78 is 15.5. The molecular weight excluding hydrogens is 270 g/mol. The molecule has 16 heavy (non-hydrogen) atoms. The van der Waals surface area contributed by atoms with E-state index in [4.69, 9.17) is 35.4 Å². The Morgan fingerprint density at radius 1 is 1.31 bits per heavy atom. The van der Waals surface area contributed by atoms with Crippen molar-refractivity contribution in [3.8, 4) is 5.69 Å². The predicted octanol–water partition coefficient (Wildman–Crippen LogP) is 4.29. The molecule has 6 heteroatoms. The molecule has 0 radical (unpaired) electrons. The van der Waals surface area contributed by atoms with E-state index in [2.05, 4.69) is 4.98 Å². The van der Waals surface area contributed by atoms with Gasteiger partial charge in [0.15, 0.2) is 10.6 Å². The van der Waals surface area contributed by atoms with Gasteiger partial charge in [0.2, 0.25) is 0 Å². The molecule has 0 aliphatic carbocycles. The number of aryl methyl sites for hydroxylation is 1. The topological polar surface area (TPSA) is 20.7 Å². The Labute approximate surface area is 107 Å². The second kappa shape index (κ2) is 4.20. The average molecular weight is 277 g/mol. The third-order valence-electron chi connectivity index (χ3n) is 2.19. The van der Waals surface area contributed by atoms with Crippen LogP contribution < -0.4 is 0 Å². The lowest BCUT2D eigenvalue weighted by atomic mass is 10.3. The molecule has 1 N–H and O–H groups in total. The van der Waals surface area contributed by atoms with Crippen molar-refractivity contribution < 1.29 is 4.39 Å². The third-order valence-corrected chi connectivity index (χ3v) is 3.04. The van der Waals surface area contributed by atoms with Crippen LogP contribution in [0.4, 0.5) is 4.39 Å². The molecule has 1 heterocycles. The molecular formula is C10H7Cl2FN2S. The van der Waals surface area contributed by atoms with Crippen molar-refractivity contribution in [2.45, 2.75) is 6.92 Å². The molecule has 0 aliphatic heterocycles. The molecule has 0 aliphatic rings. The summed E-state index contributed by atoms with van der Waals surface area (Å²) in [6, 6.07) is 2.97. The molecule has 0 saturated heterocycles. The maximum absolute atomic E-state index is 13.2. The number of nitrogens with zero attached hydrogens (tertiary/aromatic N) is 1. The van der Waals surface area contributed by atoms with E-state index in [1.807, 2.05) is 6.92 Å². The van der Waals surface area contributed by atoms with Crippen LogP contribution in [0.2, 0.25) is 10.0 Å². The number of halogens is 3. The van der Waals surface area contributed by atoms with Crippen LogP contribution in [0, 0.1) is 17.5 Å². The largest absolute Gasteiger partial charge is 0.337 e. The number of aromatic nitrogens is 2. The van der Waals surface area contributed by atoms with Crippen molar-refractivity contribution >= 4 is 35.4 Å². The molecule has 2 aromatic rings. The summed E-state index contributed by atoms with van der Waals surface area (Å²) in [4.78, 5) is 2.89. The van der Waals surface area contributed by atoms with E-state index in [1.54, 1.807) is 10.8 Å². The number of nitrogens with one attached hydrogen (secondary N) is 1. The second-order valence-electron chi connectivity index (χ2n) is 3.29. The van der Waals surface area contributed by atoms with Crippen LogP contribution in [-0.2, 0) is 0 Å². The standard InChI is InChI=1S/C10H7Cl2FN2S/c1-5-4-14-10(16)15(5)6-2-7(11)9(13)8(12)3-6/h2-4H,1H3,(H,14,16). The zero-order valence-electron chi connectivity index (χ0n) is 8.22. The van der Waals surface area contributed by atoms with Gasteiger partial charge in [0.1, 0.15) is 0 Å². The molecule has 0 spiro atoms. The zero-order valence-corrected chi connectivity index (χ0v) is 10.5. The van der Waals surface area contributed by atoms with Gasteiger partial charge in [-0.3, -0.25) is 4.57 Å². The summed E-state index contributed by atoms with van der Waals surface area (Å²) >= 11 is 16.5. The monoisotopic (exact) mass is 276 g/mol. The summed E-state index contributed by atoms with van der Waals surface area (Å²) in [5, 5.41) is -0.0463. The Bertz CT molecular complexity index is 580. The number of rotatable bonds is 1. The number of hydrogen-bond donors (Lipinski definition) is 1. The van der Waals surface area contributed by atoms with Crippen LogP contribution in [0.15, 0.2) is 18.3 Å². The number of H-pyrrole nitrogens is 1. The van der Waals surface area contributed by atoms with Gasteiger partial charge in [-0.05, 0) is 31.3 Å². The highest BCUT2D eigenvalue weighted by Crippen LogP contribution is 2.27. The van der Waals surface area contributed by atoms with E-state index in [0.29, 0.717) is 10.5 Å². The second-order valence-corrected chi connectivity index (χ2v) is 4.50. The van der Waals surface area contributed by atoms with Gasteiger partial charge in [-0.15, -0.1) is 0 Å². The van der Waals surface area contributed by atoms with Crippen LogP contribution in [0.3, 0.4) is 0 Å². The maximum Gasteiger partial charge on any atom is 0.182 e. The van der Waals surface area contributed by atoms with Crippen LogP contribution in [0.1, 0.15) is 5.69 Å². The fraction of sp³-hybridized carbons (Fsp3) is 0.100. The molecule has 84 valence electrons. The number of aromatic amines is 1. The van der Waals surface area contributed by atoms with E-state index >= 15 is 0 Å². The molecule has 2 nitrogen and oxygen atoms in total. The van der Waals surface area contributed by atoms with Crippen LogP contribution in [0.25, 0.3) is 5.69 Å². The minimum atomic E-state index is -0.619. The van der Waals surface area contributed by atoms with E-state index in [0.717, 1.165) is 5.69 Å². The van der Waals surface area contributed by atoms with Gasteiger partial charge < -0.3 is 4.98 Å².